The topological polar surface area (TPSA) is 24.9 Å². The molecule has 0 saturated carbocycles. The van der Waals surface area contributed by atoms with Crippen LogP contribution >= 0.6 is 11.3 Å². The number of aryl methyl sites for hydroxylation is 3. The Balaban J connectivity index is 2.18. The second-order valence-corrected chi connectivity index (χ2v) is 6.45. The summed E-state index contributed by atoms with van der Waals surface area (Å²) in [5.41, 5.74) is 5.30. The summed E-state index contributed by atoms with van der Waals surface area (Å²) in [7, 11) is 0. The summed E-state index contributed by atoms with van der Waals surface area (Å²) in [6.07, 6.45) is 1.97. The Hall–Kier alpha value is -1.19. The maximum absolute atomic E-state index is 4.81. The molecule has 1 heterocycles. The van der Waals surface area contributed by atoms with Gasteiger partial charge in [-0.05, 0) is 32.4 Å². The molecule has 0 aliphatic rings. The fourth-order valence-electron chi connectivity index (χ4n) is 2.51. The second kappa shape index (κ2) is 7.00. The summed E-state index contributed by atoms with van der Waals surface area (Å²) < 4.78 is 0. The monoisotopic (exact) mass is 288 g/mol. The zero-order chi connectivity index (χ0) is 14.5. The van der Waals surface area contributed by atoms with E-state index in [4.69, 9.17) is 4.98 Å². The first-order valence-corrected chi connectivity index (χ1v) is 8.19. The average Bonchev–Trinajstić information content (AvgIpc) is 2.77. The van der Waals surface area contributed by atoms with Crippen LogP contribution in [0, 0.1) is 13.8 Å². The van der Waals surface area contributed by atoms with Gasteiger partial charge in [0.05, 0.1) is 10.7 Å². The maximum Gasteiger partial charge on any atom is 0.0975 e. The van der Waals surface area contributed by atoms with Crippen LogP contribution in [0.3, 0.4) is 0 Å². The van der Waals surface area contributed by atoms with E-state index in [-0.39, 0.29) is 0 Å². The first-order chi connectivity index (χ1) is 9.62. The lowest BCUT2D eigenvalue weighted by atomic mass is 10.1. The fraction of sp³-hybridized carbons (Fsp3) is 0.471. The predicted molar refractivity (Wildman–Crippen MR) is 87.6 cm³/mol. The van der Waals surface area contributed by atoms with E-state index in [0.717, 1.165) is 25.9 Å². The highest BCUT2D eigenvalue weighted by atomic mass is 32.1. The van der Waals surface area contributed by atoms with Gasteiger partial charge in [-0.2, -0.15) is 0 Å². The minimum atomic E-state index is 0.949. The van der Waals surface area contributed by atoms with Crippen LogP contribution < -0.4 is 5.32 Å². The van der Waals surface area contributed by atoms with Crippen molar-refractivity contribution in [1.29, 1.82) is 0 Å². The predicted octanol–water partition coefficient (Wildman–Crippen LogP) is 4.02. The van der Waals surface area contributed by atoms with Gasteiger partial charge in [-0.15, -0.1) is 11.3 Å². The minimum Gasteiger partial charge on any atom is -0.312 e. The highest BCUT2D eigenvalue weighted by molar-refractivity contribution is 7.11. The Labute approximate surface area is 126 Å². The Bertz CT molecular complexity index is 552. The van der Waals surface area contributed by atoms with Crippen molar-refractivity contribution in [3.63, 3.8) is 0 Å². The Morgan fingerprint density at radius 3 is 2.40 bits per heavy atom. The van der Waals surface area contributed by atoms with Crippen LogP contribution in [0.4, 0.5) is 0 Å². The smallest absolute Gasteiger partial charge is 0.0975 e. The summed E-state index contributed by atoms with van der Waals surface area (Å²) in [6.45, 7) is 10.6. The molecule has 0 saturated heterocycles. The highest BCUT2D eigenvalue weighted by Gasteiger charge is 2.10. The Morgan fingerprint density at radius 2 is 1.80 bits per heavy atom. The van der Waals surface area contributed by atoms with Crippen molar-refractivity contribution in [2.24, 2.45) is 0 Å². The molecule has 0 bridgehead atoms. The molecule has 108 valence electrons. The molecule has 0 unspecified atom stereocenters. The van der Waals surface area contributed by atoms with Crippen molar-refractivity contribution in [2.75, 3.05) is 6.54 Å². The van der Waals surface area contributed by atoms with Crippen molar-refractivity contribution >= 4 is 11.3 Å². The largest absolute Gasteiger partial charge is 0.312 e. The van der Waals surface area contributed by atoms with Crippen LogP contribution in [-0.2, 0) is 19.4 Å². The molecule has 3 heteroatoms. The number of hydrogen-bond acceptors (Lipinski definition) is 3. The normalized spacial score (nSPS) is 11.0. The quantitative estimate of drug-likeness (QED) is 0.868. The van der Waals surface area contributed by atoms with Gasteiger partial charge >= 0.3 is 0 Å². The maximum atomic E-state index is 4.81. The molecule has 1 aromatic carbocycles. The lowest BCUT2D eigenvalue weighted by molar-refractivity contribution is 0.727. The van der Waals surface area contributed by atoms with E-state index in [1.54, 1.807) is 0 Å². The van der Waals surface area contributed by atoms with Gasteiger partial charge in [0.1, 0.15) is 0 Å². The number of nitrogens with zero attached hydrogens (tertiary/aromatic N) is 1. The molecule has 0 aliphatic carbocycles. The van der Waals surface area contributed by atoms with Gasteiger partial charge in [0.15, 0.2) is 0 Å². The summed E-state index contributed by atoms with van der Waals surface area (Å²) in [6, 6.07) is 6.76. The van der Waals surface area contributed by atoms with E-state index in [9.17, 15) is 0 Å². The van der Waals surface area contributed by atoms with Gasteiger partial charge < -0.3 is 5.32 Å². The van der Waals surface area contributed by atoms with E-state index >= 15 is 0 Å². The molecule has 0 aliphatic heterocycles. The van der Waals surface area contributed by atoms with Gasteiger partial charge in [-0.25, -0.2) is 4.98 Å². The molecule has 2 aromatic rings. The van der Waals surface area contributed by atoms with E-state index < -0.39 is 0 Å². The summed E-state index contributed by atoms with van der Waals surface area (Å²) in [5, 5.41) is 4.64. The molecule has 20 heavy (non-hydrogen) atoms. The van der Waals surface area contributed by atoms with E-state index in [1.807, 2.05) is 11.3 Å². The number of thiazole rings is 1. The lowest BCUT2D eigenvalue weighted by Crippen LogP contribution is -2.11. The first-order valence-electron chi connectivity index (χ1n) is 7.37. The number of hydrogen-bond donors (Lipinski definition) is 1. The van der Waals surface area contributed by atoms with Crippen LogP contribution in [0.15, 0.2) is 18.2 Å². The molecule has 0 atom stereocenters. The average molecular weight is 288 g/mol. The zero-order valence-corrected chi connectivity index (χ0v) is 13.7. The minimum absolute atomic E-state index is 0.949. The van der Waals surface area contributed by atoms with Crippen molar-refractivity contribution < 1.29 is 0 Å². The van der Waals surface area contributed by atoms with Crippen molar-refractivity contribution in [3.05, 3.63) is 50.5 Å². The third kappa shape index (κ3) is 3.90. The van der Waals surface area contributed by atoms with Crippen molar-refractivity contribution in [2.45, 2.75) is 47.1 Å². The van der Waals surface area contributed by atoms with Crippen LogP contribution in [0.1, 0.15) is 46.1 Å². The van der Waals surface area contributed by atoms with E-state index in [1.165, 1.54) is 32.3 Å². The van der Waals surface area contributed by atoms with Crippen molar-refractivity contribution in [1.82, 2.24) is 10.3 Å². The fourth-order valence-corrected chi connectivity index (χ4v) is 3.67. The highest BCUT2D eigenvalue weighted by Crippen LogP contribution is 2.22. The zero-order valence-electron chi connectivity index (χ0n) is 12.9. The third-order valence-electron chi connectivity index (χ3n) is 3.33. The number of nitrogens with one attached hydrogen (secondary N) is 1. The van der Waals surface area contributed by atoms with Crippen LogP contribution in [0.2, 0.25) is 0 Å². The molecule has 0 spiro atoms. The summed E-state index contributed by atoms with van der Waals surface area (Å²) >= 11 is 1.86. The number of rotatable bonds is 6. The molecular formula is C17H24N2S. The van der Waals surface area contributed by atoms with Gasteiger partial charge in [0.25, 0.3) is 0 Å². The molecule has 0 radical (unpaired) electrons. The molecule has 0 fully saturated rings. The first kappa shape index (κ1) is 15.2. The molecule has 2 rings (SSSR count). The number of benzene rings is 1. The molecule has 2 nitrogen and oxygen atoms in total. The standard InChI is InChI=1S/C17H24N2S/c1-5-15-16(11-18-6-2)20-17(19-15)10-14-8-12(3)7-13(4)9-14/h7-9,18H,5-6,10-11H2,1-4H3. The SMILES string of the molecule is CCNCc1sc(Cc2cc(C)cc(C)c2)nc1CC. The Kier molecular flexibility index (Phi) is 5.32. The van der Waals surface area contributed by atoms with Gasteiger partial charge in [0.2, 0.25) is 0 Å². The molecule has 0 amide bonds. The molecular weight excluding hydrogens is 264 g/mol. The summed E-state index contributed by atoms with van der Waals surface area (Å²) in [4.78, 5) is 6.21. The molecule has 1 N–H and O–H groups in total. The van der Waals surface area contributed by atoms with Gasteiger partial charge in [0, 0.05) is 17.8 Å². The number of aromatic nitrogens is 1. The van der Waals surface area contributed by atoms with Crippen molar-refractivity contribution in [3.8, 4) is 0 Å². The van der Waals surface area contributed by atoms with E-state index in [2.05, 4.69) is 51.2 Å². The lowest BCUT2D eigenvalue weighted by Gasteiger charge is -2.02. The Morgan fingerprint density at radius 1 is 1.10 bits per heavy atom. The van der Waals surface area contributed by atoms with E-state index in [0.29, 0.717) is 0 Å². The summed E-state index contributed by atoms with van der Waals surface area (Å²) in [5.74, 6) is 0. The van der Waals surface area contributed by atoms with Crippen LogP contribution in [0.25, 0.3) is 0 Å². The third-order valence-corrected chi connectivity index (χ3v) is 4.43. The van der Waals surface area contributed by atoms with Gasteiger partial charge in [-0.3, -0.25) is 0 Å². The second-order valence-electron chi connectivity index (χ2n) is 5.28. The van der Waals surface area contributed by atoms with Crippen LogP contribution in [-0.4, -0.2) is 11.5 Å². The molecule has 1 aromatic heterocycles. The van der Waals surface area contributed by atoms with Gasteiger partial charge in [-0.1, -0.05) is 43.2 Å². The van der Waals surface area contributed by atoms with Crippen LogP contribution in [0.5, 0.6) is 0 Å².